The molecule has 3 rings (SSSR count). The Labute approximate surface area is 95.8 Å². The Morgan fingerprint density at radius 2 is 2.31 bits per heavy atom. The van der Waals surface area contributed by atoms with E-state index in [0.717, 1.165) is 25.0 Å². The minimum absolute atomic E-state index is 0.165. The second-order valence-corrected chi connectivity index (χ2v) is 4.90. The molecule has 0 N–H and O–H groups in total. The molecule has 2 atom stereocenters. The molecule has 0 saturated heterocycles. The highest BCUT2D eigenvalue weighted by Crippen LogP contribution is 2.56. The summed E-state index contributed by atoms with van der Waals surface area (Å²) in [5.41, 5.74) is 2.96. The number of methoxy groups -OCH3 is 1. The first kappa shape index (κ1) is 9.72. The second-order valence-electron chi connectivity index (χ2n) is 4.90. The third-order valence-corrected chi connectivity index (χ3v) is 4.40. The average Bonchev–Trinajstić information content (AvgIpc) is 2.68. The molecule has 0 aromatic heterocycles. The summed E-state index contributed by atoms with van der Waals surface area (Å²) in [7, 11) is 1.70. The fourth-order valence-corrected chi connectivity index (χ4v) is 3.30. The van der Waals surface area contributed by atoms with Gasteiger partial charge in [-0.15, -0.1) is 0 Å². The Kier molecular flexibility index (Phi) is 1.97. The Morgan fingerprint density at radius 1 is 1.44 bits per heavy atom. The van der Waals surface area contributed by atoms with Crippen LogP contribution < -0.4 is 4.74 Å². The van der Waals surface area contributed by atoms with Crippen LogP contribution in [-0.4, -0.2) is 7.11 Å². The maximum atomic E-state index is 9.18. The monoisotopic (exact) mass is 213 g/mol. The summed E-state index contributed by atoms with van der Waals surface area (Å²) >= 11 is 0. The van der Waals surface area contributed by atoms with Crippen molar-refractivity contribution in [3.05, 3.63) is 29.3 Å². The van der Waals surface area contributed by atoms with Crippen LogP contribution in [-0.2, 0) is 11.8 Å². The Bertz CT molecular complexity index is 474. The van der Waals surface area contributed by atoms with Gasteiger partial charge >= 0.3 is 0 Å². The van der Waals surface area contributed by atoms with Crippen LogP contribution in [0.4, 0.5) is 0 Å². The fraction of sp³-hybridized carbons (Fsp3) is 0.500. The SMILES string of the molecule is COc1ccc2c(c1)[C@]1(CC2)CC[C@H]1C#N. The van der Waals surface area contributed by atoms with E-state index in [4.69, 9.17) is 4.74 Å². The Balaban J connectivity index is 2.08. The molecule has 0 radical (unpaired) electrons. The fourth-order valence-electron chi connectivity index (χ4n) is 3.30. The molecule has 82 valence electrons. The Hall–Kier alpha value is -1.49. The van der Waals surface area contributed by atoms with Crippen LogP contribution in [0.15, 0.2) is 18.2 Å². The van der Waals surface area contributed by atoms with Gasteiger partial charge in [-0.25, -0.2) is 0 Å². The molecular formula is C14H15NO. The van der Waals surface area contributed by atoms with Crippen molar-refractivity contribution in [1.29, 1.82) is 5.26 Å². The van der Waals surface area contributed by atoms with Gasteiger partial charge in [0.25, 0.3) is 0 Å². The van der Waals surface area contributed by atoms with Crippen molar-refractivity contribution in [1.82, 2.24) is 0 Å². The summed E-state index contributed by atoms with van der Waals surface area (Å²) in [5.74, 6) is 1.14. The summed E-state index contributed by atoms with van der Waals surface area (Å²) in [6.45, 7) is 0. The molecule has 2 heteroatoms. The quantitative estimate of drug-likeness (QED) is 0.718. The topological polar surface area (TPSA) is 33.0 Å². The number of nitrogens with zero attached hydrogens (tertiary/aromatic N) is 1. The lowest BCUT2D eigenvalue weighted by Crippen LogP contribution is -2.41. The first-order valence-electron chi connectivity index (χ1n) is 5.87. The molecule has 16 heavy (non-hydrogen) atoms. The van der Waals surface area contributed by atoms with E-state index in [0.29, 0.717) is 0 Å². The van der Waals surface area contributed by atoms with Crippen molar-refractivity contribution < 1.29 is 4.74 Å². The number of ether oxygens (including phenoxy) is 1. The van der Waals surface area contributed by atoms with Crippen LogP contribution in [0.2, 0.25) is 0 Å². The third-order valence-electron chi connectivity index (χ3n) is 4.40. The van der Waals surface area contributed by atoms with E-state index in [9.17, 15) is 5.26 Å². The van der Waals surface area contributed by atoms with E-state index in [-0.39, 0.29) is 11.3 Å². The zero-order chi connectivity index (χ0) is 11.2. The minimum Gasteiger partial charge on any atom is -0.497 e. The van der Waals surface area contributed by atoms with E-state index >= 15 is 0 Å². The summed E-state index contributed by atoms with van der Waals surface area (Å²) in [5, 5.41) is 9.18. The van der Waals surface area contributed by atoms with E-state index in [1.807, 2.05) is 6.07 Å². The van der Waals surface area contributed by atoms with Crippen LogP contribution in [0.1, 0.15) is 30.4 Å². The smallest absolute Gasteiger partial charge is 0.119 e. The van der Waals surface area contributed by atoms with Gasteiger partial charge in [0.2, 0.25) is 0 Å². The lowest BCUT2D eigenvalue weighted by atomic mass is 9.58. The largest absolute Gasteiger partial charge is 0.497 e. The highest BCUT2D eigenvalue weighted by Gasteiger charge is 2.51. The predicted molar refractivity (Wildman–Crippen MR) is 61.3 cm³/mol. The lowest BCUT2D eigenvalue weighted by Gasteiger charge is -2.44. The van der Waals surface area contributed by atoms with Crippen molar-refractivity contribution in [2.75, 3.05) is 7.11 Å². The van der Waals surface area contributed by atoms with Gasteiger partial charge in [0, 0.05) is 5.41 Å². The number of hydrogen-bond acceptors (Lipinski definition) is 2. The normalized spacial score (nSPS) is 30.6. The number of hydrogen-bond donors (Lipinski definition) is 0. The van der Waals surface area contributed by atoms with Crippen LogP contribution in [0.5, 0.6) is 5.75 Å². The minimum atomic E-state index is 0.165. The summed E-state index contributed by atoms with van der Waals surface area (Å²) < 4.78 is 5.29. The molecule has 0 amide bonds. The van der Waals surface area contributed by atoms with Gasteiger partial charge in [-0.2, -0.15) is 5.26 Å². The molecule has 2 aliphatic carbocycles. The standard InChI is InChI=1S/C14H15NO/c1-16-12-3-2-10-4-6-14(13(10)8-12)7-5-11(14)9-15/h2-3,8,11H,4-7H2,1H3/t11-,14+/m0/s1. The van der Waals surface area contributed by atoms with E-state index in [2.05, 4.69) is 18.2 Å². The molecule has 2 nitrogen and oxygen atoms in total. The van der Waals surface area contributed by atoms with Gasteiger partial charge in [0.05, 0.1) is 19.1 Å². The first-order valence-corrected chi connectivity index (χ1v) is 5.87. The third kappa shape index (κ3) is 1.06. The molecule has 0 unspecified atom stereocenters. The van der Waals surface area contributed by atoms with Crippen LogP contribution in [0, 0.1) is 17.2 Å². The molecule has 1 aromatic carbocycles. The summed E-state index contributed by atoms with van der Waals surface area (Å²) in [6.07, 6.45) is 4.50. The van der Waals surface area contributed by atoms with E-state index in [1.54, 1.807) is 7.11 Å². The molecule has 0 aliphatic heterocycles. The number of rotatable bonds is 1. The molecule has 1 aromatic rings. The van der Waals surface area contributed by atoms with Crippen LogP contribution in [0.25, 0.3) is 0 Å². The van der Waals surface area contributed by atoms with Gasteiger partial charge in [0.1, 0.15) is 5.75 Å². The van der Waals surface area contributed by atoms with Gasteiger partial charge < -0.3 is 4.74 Å². The van der Waals surface area contributed by atoms with Gasteiger partial charge in [-0.3, -0.25) is 0 Å². The van der Waals surface area contributed by atoms with Crippen molar-refractivity contribution in [3.63, 3.8) is 0 Å². The van der Waals surface area contributed by atoms with Gasteiger partial charge in [0.15, 0.2) is 0 Å². The highest BCUT2D eigenvalue weighted by molar-refractivity contribution is 5.47. The Morgan fingerprint density at radius 3 is 2.94 bits per heavy atom. The summed E-state index contributed by atoms with van der Waals surface area (Å²) in [4.78, 5) is 0. The van der Waals surface area contributed by atoms with Crippen molar-refractivity contribution in [3.8, 4) is 11.8 Å². The molecule has 1 fully saturated rings. The van der Waals surface area contributed by atoms with E-state index < -0.39 is 0 Å². The molecule has 0 bridgehead atoms. The molecule has 2 aliphatic rings. The van der Waals surface area contributed by atoms with Crippen molar-refractivity contribution >= 4 is 0 Å². The van der Waals surface area contributed by atoms with E-state index in [1.165, 1.54) is 17.5 Å². The maximum absolute atomic E-state index is 9.18. The zero-order valence-electron chi connectivity index (χ0n) is 9.49. The molecule has 0 heterocycles. The summed E-state index contributed by atoms with van der Waals surface area (Å²) in [6, 6.07) is 8.80. The molecular weight excluding hydrogens is 198 g/mol. The highest BCUT2D eigenvalue weighted by atomic mass is 16.5. The zero-order valence-corrected chi connectivity index (χ0v) is 9.49. The predicted octanol–water partition coefficient (Wildman–Crippen LogP) is 2.81. The van der Waals surface area contributed by atoms with Gasteiger partial charge in [-0.1, -0.05) is 6.07 Å². The number of aryl methyl sites for hydroxylation is 1. The molecule has 1 spiro atoms. The lowest BCUT2D eigenvalue weighted by molar-refractivity contribution is 0.171. The number of fused-ring (bicyclic) bond motifs is 2. The van der Waals surface area contributed by atoms with Crippen LogP contribution in [0.3, 0.4) is 0 Å². The van der Waals surface area contributed by atoms with Gasteiger partial charge in [-0.05, 0) is 48.9 Å². The van der Waals surface area contributed by atoms with Crippen molar-refractivity contribution in [2.45, 2.75) is 31.1 Å². The number of nitriles is 1. The molecule has 1 saturated carbocycles. The van der Waals surface area contributed by atoms with Crippen molar-refractivity contribution in [2.24, 2.45) is 5.92 Å². The average molecular weight is 213 g/mol. The first-order chi connectivity index (χ1) is 7.80. The maximum Gasteiger partial charge on any atom is 0.119 e. The van der Waals surface area contributed by atoms with Crippen LogP contribution >= 0.6 is 0 Å². The number of benzene rings is 1. The second kappa shape index (κ2) is 3.25.